The van der Waals surface area contributed by atoms with E-state index in [4.69, 9.17) is 28.4 Å². The lowest BCUT2D eigenvalue weighted by molar-refractivity contribution is -0.137. The molecule has 30 heavy (non-hydrogen) atoms. The molecule has 6 heteroatoms. The van der Waals surface area contributed by atoms with Gasteiger partial charge >= 0.3 is 0 Å². The van der Waals surface area contributed by atoms with Crippen LogP contribution in [0.15, 0.2) is 0 Å². The van der Waals surface area contributed by atoms with Crippen LogP contribution in [0.2, 0.25) is 0 Å². The highest BCUT2D eigenvalue weighted by atomic mass is 16.6. The van der Waals surface area contributed by atoms with E-state index in [0.29, 0.717) is 64.2 Å². The van der Waals surface area contributed by atoms with Gasteiger partial charge in [0.1, 0.15) is 0 Å². The number of hydrogen-bond donors (Lipinski definition) is 0. The first kappa shape index (κ1) is 24.4. The molecule has 3 rings (SSSR count). The first-order valence-corrected chi connectivity index (χ1v) is 12.2. The maximum Gasteiger partial charge on any atom is 0.0840 e. The lowest BCUT2D eigenvalue weighted by atomic mass is 9.71. The fourth-order valence-electron chi connectivity index (χ4n) is 4.94. The topological polar surface area (TPSA) is 55.4 Å². The molecule has 0 spiro atoms. The molecule has 176 valence electrons. The third kappa shape index (κ3) is 8.03. The van der Waals surface area contributed by atoms with Gasteiger partial charge in [0, 0.05) is 0 Å². The van der Waals surface area contributed by atoms with Crippen molar-refractivity contribution in [2.75, 3.05) is 52.9 Å². The van der Waals surface area contributed by atoms with E-state index in [2.05, 4.69) is 20.8 Å². The summed E-state index contributed by atoms with van der Waals surface area (Å²) >= 11 is 0. The van der Waals surface area contributed by atoms with Crippen molar-refractivity contribution in [3.63, 3.8) is 0 Å². The van der Waals surface area contributed by atoms with Crippen LogP contribution in [0.4, 0.5) is 0 Å². The van der Waals surface area contributed by atoms with Crippen molar-refractivity contribution in [3.05, 3.63) is 0 Å². The summed E-state index contributed by atoms with van der Waals surface area (Å²) in [7, 11) is 0. The first-order chi connectivity index (χ1) is 14.5. The summed E-state index contributed by atoms with van der Waals surface area (Å²) in [6.07, 6.45) is 8.50. The second kappa shape index (κ2) is 12.7. The van der Waals surface area contributed by atoms with Gasteiger partial charge in [-0.15, -0.1) is 0 Å². The van der Waals surface area contributed by atoms with E-state index in [1.54, 1.807) is 0 Å². The van der Waals surface area contributed by atoms with E-state index < -0.39 is 0 Å². The summed E-state index contributed by atoms with van der Waals surface area (Å²) in [5.74, 6) is 0.659. The molecular weight excluding hydrogens is 384 g/mol. The molecule has 0 amide bonds. The highest BCUT2D eigenvalue weighted by molar-refractivity contribution is 4.87. The van der Waals surface area contributed by atoms with E-state index in [1.165, 1.54) is 19.3 Å². The van der Waals surface area contributed by atoms with Gasteiger partial charge in [0.2, 0.25) is 0 Å². The van der Waals surface area contributed by atoms with Gasteiger partial charge < -0.3 is 28.4 Å². The molecule has 0 aromatic rings. The standard InChI is InChI=1S/C24H44O6/c1-24(2,3)19-8-9-22-23(18-19)30-17-13-26-11-15-28-21-7-5-4-6-20(21)27-14-10-25-12-16-29-22/h19-23H,4-18H2,1-3H3. The fraction of sp³-hybridized carbons (Fsp3) is 1.00. The third-order valence-corrected chi connectivity index (χ3v) is 6.84. The van der Waals surface area contributed by atoms with Gasteiger partial charge in [-0.1, -0.05) is 33.6 Å². The summed E-state index contributed by atoms with van der Waals surface area (Å²) < 4.78 is 36.1. The summed E-state index contributed by atoms with van der Waals surface area (Å²) in [6, 6.07) is 0. The smallest absolute Gasteiger partial charge is 0.0840 e. The van der Waals surface area contributed by atoms with Crippen molar-refractivity contribution in [2.24, 2.45) is 11.3 Å². The van der Waals surface area contributed by atoms with Gasteiger partial charge in [0.15, 0.2) is 0 Å². The van der Waals surface area contributed by atoms with Crippen LogP contribution in [-0.2, 0) is 28.4 Å². The predicted molar refractivity (Wildman–Crippen MR) is 116 cm³/mol. The molecule has 6 nitrogen and oxygen atoms in total. The fourth-order valence-corrected chi connectivity index (χ4v) is 4.94. The van der Waals surface area contributed by atoms with E-state index in [9.17, 15) is 0 Å². The highest BCUT2D eigenvalue weighted by Crippen LogP contribution is 2.39. The molecule has 0 radical (unpaired) electrons. The molecule has 0 N–H and O–H groups in total. The Balaban J connectivity index is 1.49. The monoisotopic (exact) mass is 428 g/mol. The Labute approximate surface area is 183 Å². The van der Waals surface area contributed by atoms with Gasteiger partial charge in [-0.25, -0.2) is 0 Å². The van der Waals surface area contributed by atoms with Gasteiger partial charge in [0.05, 0.1) is 77.3 Å². The lowest BCUT2D eigenvalue weighted by Gasteiger charge is -2.41. The number of ether oxygens (including phenoxy) is 6. The van der Waals surface area contributed by atoms with Gasteiger partial charge in [-0.3, -0.25) is 0 Å². The van der Waals surface area contributed by atoms with Crippen LogP contribution in [0, 0.1) is 11.3 Å². The van der Waals surface area contributed by atoms with Crippen molar-refractivity contribution in [1.82, 2.24) is 0 Å². The summed E-state index contributed by atoms with van der Waals surface area (Å²) in [5.41, 5.74) is 0.300. The van der Waals surface area contributed by atoms with Gasteiger partial charge in [0.25, 0.3) is 0 Å². The molecule has 2 aliphatic carbocycles. The van der Waals surface area contributed by atoms with Crippen molar-refractivity contribution < 1.29 is 28.4 Å². The third-order valence-electron chi connectivity index (χ3n) is 6.84. The molecule has 1 saturated heterocycles. The van der Waals surface area contributed by atoms with Crippen molar-refractivity contribution in [3.8, 4) is 0 Å². The van der Waals surface area contributed by atoms with Crippen molar-refractivity contribution in [2.45, 2.75) is 90.1 Å². The maximum absolute atomic E-state index is 6.25. The number of rotatable bonds is 0. The largest absolute Gasteiger partial charge is 0.377 e. The minimum Gasteiger partial charge on any atom is -0.377 e. The van der Waals surface area contributed by atoms with Crippen LogP contribution < -0.4 is 0 Å². The molecule has 1 heterocycles. The SMILES string of the molecule is CC(C)(C)C1CCC2OCCOCCOC3CCCCC3OCCOCCOC2C1. The molecule has 2 saturated carbocycles. The van der Waals surface area contributed by atoms with E-state index in [0.717, 1.165) is 25.7 Å². The molecule has 0 aromatic heterocycles. The molecule has 5 atom stereocenters. The van der Waals surface area contributed by atoms with Gasteiger partial charge in [-0.2, -0.15) is 0 Å². The zero-order chi connectivity index (χ0) is 21.2. The molecule has 1 aliphatic heterocycles. The molecular formula is C24H44O6. The highest BCUT2D eigenvalue weighted by Gasteiger charge is 2.37. The van der Waals surface area contributed by atoms with Crippen molar-refractivity contribution >= 4 is 0 Å². The quantitative estimate of drug-likeness (QED) is 0.581. The maximum atomic E-state index is 6.25. The van der Waals surface area contributed by atoms with Crippen LogP contribution in [-0.4, -0.2) is 77.3 Å². The summed E-state index contributed by atoms with van der Waals surface area (Å²) in [4.78, 5) is 0. The first-order valence-electron chi connectivity index (χ1n) is 12.2. The van der Waals surface area contributed by atoms with Crippen LogP contribution in [0.5, 0.6) is 0 Å². The minimum absolute atomic E-state index is 0.132. The van der Waals surface area contributed by atoms with Crippen LogP contribution in [0.1, 0.15) is 65.7 Å². The second-order valence-electron chi connectivity index (χ2n) is 10.0. The molecule has 5 unspecified atom stereocenters. The van der Waals surface area contributed by atoms with Gasteiger partial charge in [-0.05, 0) is 43.4 Å². The normalized spacial score (nSPS) is 36.7. The summed E-state index contributed by atoms with van der Waals surface area (Å²) in [6.45, 7) is 11.8. The Bertz CT molecular complexity index is 465. The average molecular weight is 429 g/mol. The lowest BCUT2D eigenvalue weighted by Crippen LogP contribution is -2.42. The molecule has 0 bridgehead atoms. The molecule has 3 aliphatic rings. The van der Waals surface area contributed by atoms with E-state index in [1.807, 2.05) is 0 Å². The zero-order valence-corrected chi connectivity index (χ0v) is 19.4. The summed E-state index contributed by atoms with van der Waals surface area (Å²) in [5, 5.41) is 0. The number of fused-ring (bicyclic) bond motifs is 2. The van der Waals surface area contributed by atoms with Crippen molar-refractivity contribution in [1.29, 1.82) is 0 Å². The van der Waals surface area contributed by atoms with E-state index in [-0.39, 0.29) is 24.4 Å². The minimum atomic E-state index is 0.132. The van der Waals surface area contributed by atoms with E-state index >= 15 is 0 Å². The van der Waals surface area contributed by atoms with Crippen LogP contribution >= 0.6 is 0 Å². The molecule has 3 fully saturated rings. The Hall–Kier alpha value is -0.240. The molecule has 0 aromatic carbocycles. The van der Waals surface area contributed by atoms with Crippen LogP contribution in [0.25, 0.3) is 0 Å². The average Bonchev–Trinajstić information content (AvgIpc) is 2.72. The Morgan fingerprint density at radius 2 is 0.933 bits per heavy atom. The zero-order valence-electron chi connectivity index (χ0n) is 19.4. The second-order valence-corrected chi connectivity index (χ2v) is 10.0. The Kier molecular flexibility index (Phi) is 10.3. The van der Waals surface area contributed by atoms with Crippen LogP contribution in [0.3, 0.4) is 0 Å². The predicted octanol–water partition coefficient (Wildman–Crippen LogP) is 3.99. The number of hydrogen-bond acceptors (Lipinski definition) is 6. The Morgan fingerprint density at radius 1 is 0.500 bits per heavy atom. The Morgan fingerprint density at radius 3 is 1.40 bits per heavy atom.